The highest BCUT2D eigenvalue weighted by molar-refractivity contribution is 5.97. The standard InChI is InChI=1S/C22H20F2N2O2/c23-18-8-6-16(7-9-18)22(27)17-4-2-10-26-20(12-17)13-21(25-26)28-14-15-3-1-5-19(24)11-15/h1,3,5-9,11,13,17H,2,4,10,12,14H2. The van der Waals surface area contributed by atoms with Gasteiger partial charge in [-0.1, -0.05) is 12.1 Å². The number of carbonyl (C=O) groups is 1. The Bertz CT molecular complexity index is 982. The van der Waals surface area contributed by atoms with Crippen molar-refractivity contribution in [2.24, 2.45) is 5.92 Å². The Morgan fingerprint density at radius 3 is 2.71 bits per heavy atom. The van der Waals surface area contributed by atoms with E-state index in [1.54, 1.807) is 12.1 Å². The van der Waals surface area contributed by atoms with Gasteiger partial charge in [0.05, 0.1) is 0 Å². The summed E-state index contributed by atoms with van der Waals surface area (Å²) in [5, 5.41) is 4.47. The fourth-order valence-electron chi connectivity index (χ4n) is 3.56. The zero-order valence-corrected chi connectivity index (χ0v) is 15.3. The zero-order valence-electron chi connectivity index (χ0n) is 15.3. The molecule has 0 N–H and O–H groups in total. The molecule has 6 heteroatoms. The van der Waals surface area contributed by atoms with Crippen LogP contribution in [0, 0.1) is 17.6 Å². The summed E-state index contributed by atoms with van der Waals surface area (Å²) in [4.78, 5) is 12.8. The van der Waals surface area contributed by atoms with Gasteiger partial charge < -0.3 is 4.74 Å². The maximum Gasteiger partial charge on any atom is 0.233 e. The molecule has 0 saturated heterocycles. The molecule has 0 spiro atoms. The first kappa shape index (κ1) is 18.3. The van der Waals surface area contributed by atoms with Gasteiger partial charge in [-0.2, -0.15) is 0 Å². The number of hydrogen-bond donors (Lipinski definition) is 0. The third-order valence-electron chi connectivity index (χ3n) is 4.99. The average Bonchev–Trinajstić information content (AvgIpc) is 2.96. The van der Waals surface area contributed by atoms with Crippen LogP contribution in [0.5, 0.6) is 5.88 Å². The highest BCUT2D eigenvalue weighted by atomic mass is 19.1. The van der Waals surface area contributed by atoms with Gasteiger partial charge in [-0.15, -0.1) is 5.10 Å². The van der Waals surface area contributed by atoms with Crippen molar-refractivity contribution in [3.63, 3.8) is 0 Å². The van der Waals surface area contributed by atoms with Crippen LogP contribution < -0.4 is 4.74 Å². The molecule has 1 aliphatic heterocycles. The lowest BCUT2D eigenvalue weighted by molar-refractivity contribution is 0.0912. The Balaban J connectivity index is 1.46. The molecule has 3 aromatic rings. The second-order valence-corrected chi connectivity index (χ2v) is 7.03. The Hall–Kier alpha value is -3.02. The molecule has 0 saturated carbocycles. The van der Waals surface area contributed by atoms with Crippen LogP contribution in [0.1, 0.15) is 34.5 Å². The maximum absolute atomic E-state index is 13.3. The van der Waals surface area contributed by atoms with Crippen LogP contribution >= 0.6 is 0 Å². The lowest BCUT2D eigenvalue weighted by atomic mass is 9.90. The zero-order chi connectivity index (χ0) is 19.5. The smallest absolute Gasteiger partial charge is 0.233 e. The molecule has 0 fully saturated rings. The molecule has 4 rings (SSSR count). The lowest BCUT2D eigenvalue weighted by Crippen LogP contribution is -2.17. The number of nitrogens with zero attached hydrogens (tertiary/aromatic N) is 2. The molecule has 1 aromatic heterocycles. The van der Waals surface area contributed by atoms with Crippen LogP contribution in [0.3, 0.4) is 0 Å². The third kappa shape index (κ3) is 4.11. The minimum absolute atomic E-state index is 0.0249. The van der Waals surface area contributed by atoms with Crippen molar-refractivity contribution in [3.8, 4) is 5.88 Å². The Kier molecular flexibility index (Phi) is 5.19. The fraction of sp³-hybridized carbons (Fsp3) is 0.273. The first-order valence-corrected chi connectivity index (χ1v) is 9.32. The summed E-state index contributed by atoms with van der Waals surface area (Å²) >= 11 is 0. The van der Waals surface area contributed by atoms with Gasteiger partial charge in [0.25, 0.3) is 0 Å². The topological polar surface area (TPSA) is 44.1 Å². The van der Waals surface area contributed by atoms with Crippen molar-refractivity contribution < 1.29 is 18.3 Å². The molecule has 0 bridgehead atoms. The highest BCUT2D eigenvalue weighted by Gasteiger charge is 2.25. The Labute approximate surface area is 161 Å². The van der Waals surface area contributed by atoms with E-state index < -0.39 is 0 Å². The number of aryl methyl sites for hydroxylation is 1. The van der Waals surface area contributed by atoms with Gasteiger partial charge in [-0.05, 0) is 61.2 Å². The molecular formula is C22H20F2N2O2. The van der Waals surface area contributed by atoms with Gasteiger partial charge in [0.2, 0.25) is 5.88 Å². The maximum atomic E-state index is 13.3. The van der Waals surface area contributed by atoms with E-state index in [-0.39, 0.29) is 29.9 Å². The van der Waals surface area contributed by atoms with Crippen LogP contribution in [0.4, 0.5) is 8.78 Å². The largest absolute Gasteiger partial charge is 0.472 e. The summed E-state index contributed by atoms with van der Waals surface area (Å²) in [6.45, 7) is 0.942. The monoisotopic (exact) mass is 382 g/mol. The predicted molar refractivity (Wildman–Crippen MR) is 100 cm³/mol. The fourth-order valence-corrected chi connectivity index (χ4v) is 3.56. The minimum atomic E-state index is -0.351. The van der Waals surface area contributed by atoms with Gasteiger partial charge in [0.15, 0.2) is 5.78 Å². The van der Waals surface area contributed by atoms with Crippen molar-refractivity contribution in [3.05, 3.63) is 83.1 Å². The van der Waals surface area contributed by atoms with E-state index in [0.717, 1.165) is 24.1 Å². The van der Waals surface area contributed by atoms with Gasteiger partial charge >= 0.3 is 0 Å². The number of Topliss-reactive ketones (excluding diaryl/α,β-unsaturated/α-hetero) is 1. The molecule has 0 amide bonds. The summed E-state index contributed by atoms with van der Waals surface area (Å²) in [5.74, 6) is -0.329. The molecule has 0 aliphatic carbocycles. The Morgan fingerprint density at radius 1 is 1.11 bits per heavy atom. The van der Waals surface area contributed by atoms with E-state index in [1.807, 2.05) is 10.7 Å². The van der Waals surface area contributed by atoms with Crippen LogP contribution in [0.15, 0.2) is 54.6 Å². The van der Waals surface area contributed by atoms with Crippen molar-refractivity contribution >= 4 is 5.78 Å². The van der Waals surface area contributed by atoms with Gasteiger partial charge in [0, 0.05) is 29.8 Å². The van der Waals surface area contributed by atoms with E-state index in [4.69, 9.17) is 4.74 Å². The summed E-state index contributed by atoms with van der Waals surface area (Å²) < 4.78 is 34.0. The number of carbonyl (C=O) groups excluding carboxylic acids is 1. The first-order chi connectivity index (χ1) is 13.6. The first-order valence-electron chi connectivity index (χ1n) is 9.32. The molecular weight excluding hydrogens is 362 g/mol. The molecule has 0 radical (unpaired) electrons. The molecule has 2 heterocycles. The van der Waals surface area contributed by atoms with E-state index in [2.05, 4.69) is 5.10 Å². The number of hydrogen-bond acceptors (Lipinski definition) is 3. The molecule has 1 atom stereocenters. The van der Waals surface area contributed by atoms with E-state index in [9.17, 15) is 13.6 Å². The highest BCUT2D eigenvalue weighted by Crippen LogP contribution is 2.26. The van der Waals surface area contributed by atoms with Crippen molar-refractivity contribution in [2.75, 3.05) is 0 Å². The molecule has 1 aliphatic rings. The van der Waals surface area contributed by atoms with Crippen molar-refractivity contribution in [1.29, 1.82) is 0 Å². The number of ether oxygens (including phenoxy) is 1. The Morgan fingerprint density at radius 2 is 1.93 bits per heavy atom. The average molecular weight is 382 g/mol. The number of halogens is 2. The van der Waals surface area contributed by atoms with Crippen LogP contribution in [-0.2, 0) is 19.6 Å². The summed E-state index contributed by atoms with van der Waals surface area (Å²) in [6, 6.07) is 13.8. The molecule has 4 nitrogen and oxygen atoms in total. The number of aromatic nitrogens is 2. The molecule has 144 valence electrons. The molecule has 28 heavy (non-hydrogen) atoms. The number of benzene rings is 2. The predicted octanol–water partition coefficient (Wildman–Crippen LogP) is 4.58. The second kappa shape index (κ2) is 7.92. The number of rotatable bonds is 5. The lowest BCUT2D eigenvalue weighted by Gasteiger charge is -2.12. The van der Waals surface area contributed by atoms with Crippen LogP contribution in [0.25, 0.3) is 0 Å². The quantitative estimate of drug-likeness (QED) is 0.607. The second-order valence-electron chi connectivity index (χ2n) is 7.03. The van der Waals surface area contributed by atoms with E-state index in [0.29, 0.717) is 24.4 Å². The van der Waals surface area contributed by atoms with Crippen molar-refractivity contribution in [2.45, 2.75) is 32.4 Å². The third-order valence-corrected chi connectivity index (χ3v) is 4.99. The van der Waals surface area contributed by atoms with E-state index >= 15 is 0 Å². The summed E-state index contributed by atoms with van der Waals surface area (Å²) in [6.07, 6.45) is 2.15. The minimum Gasteiger partial charge on any atom is -0.472 e. The SMILES string of the molecule is O=C(c1ccc(F)cc1)C1CCCn2nc(OCc3cccc(F)c3)cc2C1. The van der Waals surface area contributed by atoms with Gasteiger partial charge in [-0.25, -0.2) is 8.78 Å². The summed E-state index contributed by atoms with van der Waals surface area (Å²) in [5.41, 5.74) is 2.20. The van der Waals surface area contributed by atoms with E-state index in [1.165, 1.54) is 36.4 Å². The number of ketones is 1. The molecule has 1 unspecified atom stereocenters. The van der Waals surface area contributed by atoms with Crippen molar-refractivity contribution in [1.82, 2.24) is 9.78 Å². The normalized spacial score (nSPS) is 16.3. The van der Waals surface area contributed by atoms with Crippen LogP contribution in [0.2, 0.25) is 0 Å². The molecule has 2 aromatic carbocycles. The van der Waals surface area contributed by atoms with Gasteiger partial charge in [-0.3, -0.25) is 9.48 Å². The number of fused-ring (bicyclic) bond motifs is 1. The van der Waals surface area contributed by atoms with Gasteiger partial charge in [0.1, 0.15) is 18.2 Å². The summed E-state index contributed by atoms with van der Waals surface area (Å²) in [7, 11) is 0. The van der Waals surface area contributed by atoms with Crippen LogP contribution in [-0.4, -0.2) is 15.6 Å².